The van der Waals surface area contributed by atoms with E-state index in [0.717, 1.165) is 0 Å². The Labute approximate surface area is 142 Å². The summed E-state index contributed by atoms with van der Waals surface area (Å²) in [5.74, 6) is -0.289. The topological polar surface area (TPSA) is 123 Å². The van der Waals surface area contributed by atoms with Crippen molar-refractivity contribution in [1.82, 2.24) is 9.80 Å². The van der Waals surface area contributed by atoms with E-state index in [1.807, 2.05) is 0 Å². The fraction of sp³-hybridized carbons (Fsp3) is 0.250. The summed E-state index contributed by atoms with van der Waals surface area (Å²) >= 11 is 0. The molecular formula is C16H16N4O5. The van der Waals surface area contributed by atoms with Gasteiger partial charge in [0.25, 0.3) is 17.5 Å². The van der Waals surface area contributed by atoms with Crippen LogP contribution in [0.15, 0.2) is 41.0 Å². The van der Waals surface area contributed by atoms with Gasteiger partial charge in [-0.3, -0.25) is 19.7 Å². The first-order chi connectivity index (χ1) is 12.0. The predicted octanol–water partition coefficient (Wildman–Crippen LogP) is 1.37. The third-order valence-corrected chi connectivity index (χ3v) is 4.06. The Kier molecular flexibility index (Phi) is 4.38. The first kappa shape index (κ1) is 16.5. The summed E-state index contributed by atoms with van der Waals surface area (Å²) in [6, 6.07) is 7.22. The Hall–Kier alpha value is -3.36. The van der Waals surface area contributed by atoms with Crippen LogP contribution in [0.25, 0.3) is 0 Å². The fourth-order valence-corrected chi connectivity index (χ4v) is 2.69. The number of carbonyl (C=O) groups is 2. The number of nitrogens with two attached hydrogens (primary N) is 1. The highest BCUT2D eigenvalue weighted by Crippen LogP contribution is 2.23. The van der Waals surface area contributed by atoms with Gasteiger partial charge in [-0.1, -0.05) is 0 Å². The lowest BCUT2D eigenvalue weighted by atomic mass is 10.1. The van der Waals surface area contributed by atoms with Crippen LogP contribution in [0.4, 0.5) is 11.4 Å². The molecule has 3 rings (SSSR count). The number of rotatable bonds is 3. The van der Waals surface area contributed by atoms with Gasteiger partial charge >= 0.3 is 0 Å². The Balaban J connectivity index is 1.67. The van der Waals surface area contributed by atoms with Gasteiger partial charge in [0.05, 0.1) is 11.2 Å². The van der Waals surface area contributed by atoms with Crippen molar-refractivity contribution in [2.24, 2.45) is 0 Å². The van der Waals surface area contributed by atoms with Crippen molar-refractivity contribution < 1.29 is 18.9 Å². The van der Waals surface area contributed by atoms with Gasteiger partial charge in [0, 0.05) is 37.8 Å². The average molecular weight is 344 g/mol. The molecule has 2 aromatic rings. The Bertz CT molecular complexity index is 810. The molecule has 2 N–H and O–H groups in total. The summed E-state index contributed by atoms with van der Waals surface area (Å²) in [5.41, 5.74) is 5.46. The van der Waals surface area contributed by atoms with Crippen LogP contribution in [0, 0.1) is 10.1 Å². The smallest absolute Gasteiger partial charge is 0.292 e. The zero-order chi connectivity index (χ0) is 18.0. The molecular weight excluding hydrogens is 328 g/mol. The third kappa shape index (κ3) is 3.30. The van der Waals surface area contributed by atoms with Crippen LogP contribution in [-0.4, -0.2) is 52.7 Å². The van der Waals surface area contributed by atoms with Gasteiger partial charge in [0.15, 0.2) is 5.76 Å². The van der Waals surface area contributed by atoms with Crippen LogP contribution >= 0.6 is 0 Å². The highest BCUT2D eigenvalue weighted by Gasteiger charge is 2.27. The number of nitro groups is 1. The van der Waals surface area contributed by atoms with Gasteiger partial charge in [-0.2, -0.15) is 0 Å². The summed E-state index contributed by atoms with van der Waals surface area (Å²) in [4.78, 5) is 38.2. The number of nitro benzene ring substituents is 1. The highest BCUT2D eigenvalue weighted by molar-refractivity contribution is 5.96. The minimum Gasteiger partial charge on any atom is -0.459 e. The Morgan fingerprint density at radius 2 is 1.72 bits per heavy atom. The number of furan rings is 1. The van der Waals surface area contributed by atoms with Crippen LogP contribution in [0.3, 0.4) is 0 Å². The van der Waals surface area contributed by atoms with E-state index in [0.29, 0.717) is 26.2 Å². The van der Waals surface area contributed by atoms with E-state index in [-0.39, 0.29) is 34.5 Å². The van der Waals surface area contributed by atoms with Gasteiger partial charge < -0.3 is 20.0 Å². The zero-order valence-corrected chi connectivity index (χ0v) is 13.3. The Morgan fingerprint density at radius 3 is 2.28 bits per heavy atom. The fourth-order valence-electron chi connectivity index (χ4n) is 2.69. The molecule has 1 aliphatic rings. The van der Waals surface area contributed by atoms with Gasteiger partial charge in [0.2, 0.25) is 0 Å². The number of hydrogen-bond acceptors (Lipinski definition) is 6. The summed E-state index contributed by atoms with van der Waals surface area (Å²) in [7, 11) is 0. The van der Waals surface area contributed by atoms with Gasteiger partial charge in [0.1, 0.15) is 5.69 Å². The van der Waals surface area contributed by atoms with E-state index in [9.17, 15) is 19.7 Å². The zero-order valence-electron chi connectivity index (χ0n) is 13.3. The number of carbonyl (C=O) groups excluding carboxylic acids is 2. The van der Waals surface area contributed by atoms with Crippen LogP contribution < -0.4 is 5.73 Å². The lowest BCUT2D eigenvalue weighted by Crippen LogP contribution is -2.50. The molecule has 2 amide bonds. The van der Waals surface area contributed by atoms with E-state index in [1.165, 1.54) is 24.5 Å². The number of nitrogen functional groups attached to an aromatic ring is 1. The molecule has 2 heterocycles. The molecule has 1 aromatic carbocycles. The number of piperazine rings is 1. The number of benzene rings is 1. The molecule has 9 nitrogen and oxygen atoms in total. The van der Waals surface area contributed by atoms with Crippen LogP contribution in [-0.2, 0) is 0 Å². The predicted molar refractivity (Wildman–Crippen MR) is 88.0 cm³/mol. The summed E-state index contributed by atoms with van der Waals surface area (Å²) in [5, 5.41) is 11.0. The molecule has 0 saturated carbocycles. The molecule has 1 aliphatic heterocycles. The maximum Gasteiger partial charge on any atom is 0.292 e. The van der Waals surface area contributed by atoms with Gasteiger partial charge in [-0.15, -0.1) is 0 Å². The minimum atomic E-state index is -0.619. The maximum absolute atomic E-state index is 12.5. The second-order valence-electron chi connectivity index (χ2n) is 5.59. The number of hydrogen-bond donors (Lipinski definition) is 1. The Morgan fingerprint density at radius 1 is 1.08 bits per heavy atom. The number of anilines is 1. The van der Waals surface area contributed by atoms with Gasteiger partial charge in [-0.05, 0) is 24.3 Å². The normalized spacial score (nSPS) is 14.4. The van der Waals surface area contributed by atoms with Crippen molar-refractivity contribution in [3.8, 4) is 0 Å². The quantitative estimate of drug-likeness (QED) is 0.509. The molecule has 25 heavy (non-hydrogen) atoms. The number of nitrogens with zero attached hydrogens (tertiary/aromatic N) is 3. The van der Waals surface area contributed by atoms with Crippen molar-refractivity contribution >= 4 is 23.2 Å². The van der Waals surface area contributed by atoms with Crippen molar-refractivity contribution in [3.05, 3.63) is 58.0 Å². The monoisotopic (exact) mass is 344 g/mol. The summed E-state index contributed by atoms with van der Waals surface area (Å²) < 4.78 is 5.09. The molecule has 130 valence electrons. The first-order valence-corrected chi connectivity index (χ1v) is 7.63. The average Bonchev–Trinajstić information content (AvgIpc) is 3.15. The van der Waals surface area contributed by atoms with Crippen LogP contribution in [0.1, 0.15) is 20.9 Å². The maximum atomic E-state index is 12.5. The van der Waals surface area contributed by atoms with E-state index in [4.69, 9.17) is 10.2 Å². The van der Waals surface area contributed by atoms with E-state index >= 15 is 0 Å². The van der Waals surface area contributed by atoms with Crippen molar-refractivity contribution in [1.29, 1.82) is 0 Å². The van der Waals surface area contributed by atoms with Crippen molar-refractivity contribution in [2.75, 3.05) is 31.9 Å². The molecule has 0 unspecified atom stereocenters. The molecule has 0 spiro atoms. The molecule has 0 bridgehead atoms. The standard InChI is InChI=1S/C16H16N4O5/c17-12-4-3-11(10-13(12)20(23)24)15(21)18-5-7-19(8-6-18)16(22)14-2-1-9-25-14/h1-4,9-10H,5-8,17H2. The SMILES string of the molecule is Nc1ccc(C(=O)N2CCN(C(=O)c3ccco3)CC2)cc1[N+](=O)[O-]. The minimum absolute atomic E-state index is 0.00964. The molecule has 1 saturated heterocycles. The van der Waals surface area contributed by atoms with Gasteiger partial charge in [-0.25, -0.2) is 0 Å². The molecule has 0 radical (unpaired) electrons. The molecule has 0 aliphatic carbocycles. The molecule has 0 atom stereocenters. The van der Waals surface area contributed by atoms with E-state index < -0.39 is 4.92 Å². The van der Waals surface area contributed by atoms with E-state index in [1.54, 1.807) is 21.9 Å². The third-order valence-electron chi connectivity index (χ3n) is 4.06. The van der Waals surface area contributed by atoms with Crippen LogP contribution in [0.2, 0.25) is 0 Å². The lowest BCUT2D eigenvalue weighted by Gasteiger charge is -2.34. The number of amides is 2. The second-order valence-corrected chi connectivity index (χ2v) is 5.59. The van der Waals surface area contributed by atoms with Crippen molar-refractivity contribution in [2.45, 2.75) is 0 Å². The molecule has 1 aromatic heterocycles. The van der Waals surface area contributed by atoms with E-state index in [2.05, 4.69) is 0 Å². The lowest BCUT2D eigenvalue weighted by molar-refractivity contribution is -0.383. The molecule has 9 heteroatoms. The summed E-state index contributed by atoms with van der Waals surface area (Å²) in [6.07, 6.45) is 1.43. The first-order valence-electron chi connectivity index (χ1n) is 7.63. The highest BCUT2D eigenvalue weighted by atomic mass is 16.6. The summed E-state index contributed by atoms with van der Waals surface area (Å²) in [6.45, 7) is 1.40. The van der Waals surface area contributed by atoms with Crippen LogP contribution in [0.5, 0.6) is 0 Å². The second kappa shape index (κ2) is 6.63. The molecule has 1 fully saturated rings. The largest absolute Gasteiger partial charge is 0.459 e. The van der Waals surface area contributed by atoms with Crippen molar-refractivity contribution in [3.63, 3.8) is 0 Å².